The van der Waals surface area contributed by atoms with Crippen molar-refractivity contribution in [3.8, 4) is 0 Å². The van der Waals surface area contributed by atoms with Gasteiger partial charge in [-0.15, -0.1) is 0 Å². The number of carboxylic acid groups (broad SMARTS) is 1. The van der Waals surface area contributed by atoms with E-state index >= 15 is 0 Å². The van der Waals surface area contributed by atoms with Crippen LogP contribution in [0.25, 0.3) is 5.52 Å². The van der Waals surface area contributed by atoms with Crippen LogP contribution in [0.2, 0.25) is 0 Å². The minimum Gasteiger partial charge on any atom is -0.479 e. The molecule has 3 aromatic rings. The van der Waals surface area contributed by atoms with E-state index < -0.39 is 12.0 Å². The molecule has 1 unspecified atom stereocenters. The molecule has 0 saturated heterocycles. The normalized spacial score (nSPS) is 12.2. The molecule has 0 saturated carbocycles. The molecule has 2 N–H and O–H groups in total. The summed E-state index contributed by atoms with van der Waals surface area (Å²) in [4.78, 5) is 15.7. The molecule has 0 spiro atoms. The zero-order valence-corrected chi connectivity index (χ0v) is 10.5. The Balaban J connectivity index is 1.99. The smallest absolute Gasteiger partial charge is 0.330 e. The number of aromatic nitrogens is 3. The molecule has 6 nitrogen and oxygen atoms in total. The Bertz CT molecular complexity index is 739. The number of carboxylic acids is 1. The molecule has 2 aromatic heterocycles. The Morgan fingerprint density at radius 2 is 2.00 bits per heavy atom. The minimum absolute atomic E-state index is 0.487. The van der Waals surface area contributed by atoms with Gasteiger partial charge in [-0.25, -0.2) is 14.3 Å². The van der Waals surface area contributed by atoms with Crippen molar-refractivity contribution < 1.29 is 9.90 Å². The standard InChI is InChI=1S/C14H12N4O2/c19-14(20)12(10-4-2-1-3-5-10)17-13-11-6-7-16-18(11)9-8-15-13/h1-9,12H,(H,15,17)(H,19,20). The number of benzene rings is 1. The Kier molecular flexibility index (Phi) is 3.04. The highest BCUT2D eigenvalue weighted by Gasteiger charge is 2.20. The summed E-state index contributed by atoms with van der Waals surface area (Å²) in [5, 5.41) is 16.4. The van der Waals surface area contributed by atoms with Gasteiger partial charge in [0.25, 0.3) is 0 Å². The molecule has 3 rings (SSSR count). The lowest BCUT2D eigenvalue weighted by Gasteiger charge is -2.15. The van der Waals surface area contributed by atoms with Gasteiger partial charge in [0, 0.05) is 12.4 Å². The molecule has 100 valence electrons. The molecule has 2 heterocycles. The SMILES string of the molecule is O=C(O)C(Nc1nccn2nccc12)c1ccccc1. The van der Waals surface area contributed by atoms with E-state index in [1.54, 1.807) is 53.4 Å². The van der Waals surface area contributed by atoms with E-state index in [0.717, 1.165) is 5.52 Å². The lowest BCUT2D eigenvalue weighted by atomic mass is 10.1. The zero-order valence-electron chi connectivity index (χ0n) is 10.5. The number of hydrogen-bond acceptors (Lipinski definition) is 4. The van der Waals surface area contributed by atoms with Crippen LogP contribution in [0.4, 0.5) is 5.82 Å². The first-order valence-corrected chi connectivity index (χ1v) is 6.08. The minimum atomic E-state index is -0.959. The van der Waals surface area contributed by atoms with Crippen LogP contribution in [0.5, 0.6) is 0 Å². The quantitative estimate of drug-likeness (QED) is 0.756. The highest BCUT2D eigenvalue weighted by molar-refractivity contribution is 5.81. The van der Waals surface area contributed by atoms with Crippen LogP contribution in [0, 0.1) is 0 Å². The summed E-state index contributed by atoms with van der Waals surface area (Å²) in [5.41, 5.74) is 1.40. The van der Waals surface area contributed by atoms with Crippen LogP contribution in [-0.4, -0.2) is 25.7 Å². The Hall–Kier alpha value is -2.89. The molecule has 0 aliphatic heterocycles. The number of anilines is 1. The average molecular weight is 268 g/mol. The van der Waals surface area contributed by atoms with Gasteiger partial charge in [-0.05, 0) is 11.6 Å². The fraction of sp³-hybridized carbons (Fsp3) is 0.0714. The first-order chi connectivity index (χ1) is 9.75. The number of nitrogens with one attached hydrogen (secondary N) is 1. The third-order valence-corrected chi connectivity index (χ3v) is 2.99. The third-order valence-electron chi connectivity index (χ3n) is 2.99. The van der Waals surface area contributed by atoms with Gasteiger partial charge in [-0.1, -0.05) is 30.3 Å². The summed E-state index contributed by atoms with van der Waals surface area (Å²) < 4.78 is 1.64. The number of rotatable bonds is 4. The molecular formula is C14H12N4O2. The summed E-state index contributed by atoms with van der Waals surface area (Å²) in [7, 11) is 0. The fourth-order valence-corrected chi connectivity index (χ4v) is 2.04. The van der Waals surface area contributed by atoms with Gasteiger partial charge in [-0.3, -0.25) is 0 Å². The van der Waals surface area contributed by atoms with Gasteiger partial charge >= 0.3 is 5.97 Å². The van der Waals surface area contributed by atoms with Gasteiger partial charge in [0.2, 0.25) is 0 Å². The number of hydrogen-bond donors (Lipinski definition) is 2. The van der Waals surface area contributed by atoms with Gasteiger partial charge < -0.3 is 10.4 Å². The van der Waals surface area contributed by atoms with E-state index in [1.807, 2.05) is 6.07 Å². The van der Waals surface area contributed by atoms with Crippen LogP contribution < -0.4 is 5.32 Å². The number of nitrogens with zero attached hydrogens (tertiary/aromatic N) is 3. The van der Waals surface area contributed by atoms with Crippen molar-refractivity contribution in [1.82, 2.24) is 14.6 Å². The summed E-state index contributed by atoms with van der Waals surface area (Å²) in [5.74, 6) is -0.472. The predicted octanol–water partition coefficient (Wildman–Crippen LogP) is 1.97. The highest BCUT2D eigenvalue weighted by atomic mass is 16.4. The van der Waals surface area contributed by atoms with Crippen LogP contribution in [0.3, 0.4) is 0 Å². The lowest BCUT2D eigenvalue weighted by molar-refractivity contribution is -0.138. The van der Waals surface area contributed by atoms with Crippen LogP contribution in [-0.2, 0) is 4.79 Å². The summed E-state index contributed by atoms with van der Waals surface area (Å²) >= 11 is 0. The molecule has 0 aliphatic rings. The van der Waals surface area contributed by atoms with Crippen molar-refractivity contribution in [2.24, 2.45) is 0 Å². The van der Waals surface area contributed by atoms with Crippen LogP contribution >= 0.6 is 0 Å². The van der Waals surface area contributed by atoms with Crippen molar-refractivity contribution in [2.75, 3.05) is 5.32 Å². The van der Waals surface area contributed by atoms with Crippen LogP contribution in [0.1, 0.15) is 11.6 Å². The average Bonchev–Trinajstić information content (AvgIpc) is 2.94. The van der Waals surface area contributed by atoms with Crippen molar-refractivity contribution >= 4 is 17.3 Å². The number of fused-ring (bicyclic) bond motifs is 1. The van der Waals surface area contributed by atoms with Crippen molar-refractivity contribution in [3.05, 3.63) is 60.6 Å². The van der Waals surface area contributed by atoms with E-state index in [9.17, 15) is 9.90 Å². The first-order valence-electron chi connectivity index (χ1n) is 6.08. The third kappa shape index (κ3) is 2.18. The fourth-order valence-electron chi connectivity index (χ4n) is 2.04. The number of carbonyl (C=O) groups is 1. The van der Waals surface area contributed by atoms with Gasteiger partial charge in [0.05, 0.1) is 6.20 Å². The Morgan fingerprint density at radius 1 is 1.20 bits per heavy atom. The molecule has 0 radical (unpaired) electrons. The highest BCUT2D eigenvalue weighted by Crippen LogP contribution is 2.21. The lowest BCUT2D eigenvalue weighted by Crippen LogP contribution is -2.21. The first kappa shape index (κ1) is 12.2. The van der Waals surface area contributed by atoms with E-state index in [2.05, 4.69) is 15.4 Å². The van der Waals surface area contributed by atoms with Crippen molar-refractivity contribution in [1.29, 1.82) is 0 Å². The summed E-state index contributed by atoms with van der Waals surface area (Å²) in [6.07, 6.45) is 4.92. The van der Waals surface area contributed by atoms with Gasteiger partial charge in [-0.2, -0.15) is 5.10 Å². The second-order valence-electron chi connectivity index (χ2n) is 4.26. The maximum Gasteiger partial charge on any atom is 0.330 e. The predicted molar refractivity (Wildman–Crippen MR) is 73.4 cm³/mol. The maximum absolute atomic E-state index is 11.5. The van der Waals surface area contributed by atoms with Crippen LogP contribution in [0.15, 0.2) is 55.0 Å². The Morgan fingerprint density at radius 3 is 2.75 bits per heavy atom. The topological polar surface area (TPSA) is 79.5 Å². The Labute approximate surface area is 114 Å². The van der Waals surface area contributed by atoms with Gasteiger partial charge in [0.1, 0.15) is 5.52 Å². The molecule has 1 aromatic carbocycles. The molecule has 0 aliphatic carbocycles. The summed E-state index contributed by atoms with van der Waals surface area (Å²) in [6, 6.07) is 9.91. The van der Waals surface area contributed by atoms with Crippen molar-refractivity contribution in [2.45, 2.75) is 6.04 Å². The molecule has 0 fully saturated rings. The number of aliphatic carboxylic acids is 1. The molecular weight excluding hydrogens is 256 g/mol. The summed E-state index contributed by atoms with van der Waals surface area (Å²) in [6.45, 7) is 0. The van der Waals surface area contributed by atoms with Gasteiger partial charge in [0.15, 0.2) is 11.9 Å². The zero-order chi connectivity index (χ0) is 13.9. The molecule has 1 atom stereocenters. The van der Waals surface area contributed by atoms with E-state index in [4.69, 9.17) is 0 Å². The monoisotopic (exact) mass is 268 g/mol. The van der Waals surface area contributed by atoms with E-state index in [-0.39, 0.29) is 0 Å². The molecule has 0 amide bonds. The second-order valence-corrected chi connectivity index (χ2v) is 4.26. The van der Waals surface area contributed by atoms with E-state index in [1.165, 1.54) is 0 Å². The van der Waals surface area contributed by atoms with Crippen molar-refractivity contribution in [3.63, 3.8) is 0 Å². The largest absolute Gasteiger partial charge is 0.479 e. The molecule has 20 heavy (non-hydrogen) atoms. The molecule has 6 heteroatoms. The van der Waals surface area contributed by atoms with E-state index in [0.29, 0.717) is 11.4 Å². The maximum atomic E-state index is 11.5. The molecule has 0 bridgehead atoms. The second kappa shape index (κ2) is 5.00.